The van der Waals surface area contributed by atoms with Gasteiger partial charge in [0.15, 0.2) is 0 Å². The molecule has 1 atom stereocenters. The minimum absolute atomic E-state index is 0.0192. The van der Waals surface area contributed by atoms with Gasteiger partial charge in [0.25, 0.3) is 0 Å². The van der Waals surface area contributed by atoms with E-state index in [2.05, 4.69) is 16.8 Å². The molecule has 20 heavy (non-hydrogen) atoms. The maximum Gasteiger partial charge on any atom is 0.248 e. The van der Waals surface area contributed by atoms with Gasteiger partial charge in [0.1, 0.15) is 11.6 Å². The number of carbonyl (C=O) groups excluding carboxylic acids is 2. The summed E-state index contributed by atoms with van der Waals surface area (Å²) in [5.74, 6) is -0.00690. The van der Waals surface area contributed by atoms with Crippen molar-refractivity contribution < 1.29 is 9.59 Å². The van der Waals surface area contributed by atoms with Gasteiger partial charge >= 0.3 is 0 Å². The zero-order chi connectivity index (χ0) is 14.8. The topological polar surface area (TPSA) is 49.4 Å². The maximum atomic E-state index is 12.6. The highest BCUT2D eigenvalue weighted by Crippen LogP contribution is 2.21. The second-order valence-electron chi connectivity index (χ2n) is 5.80. The second-order valence-corrected chi connectivity index (χ2v) is 6.58. The standard InChI is InChI=1S/C15H22N2O2S/c1-4-5-12-13(18)16-15(2,3)14(19)17(12)8-6-11-7-9-20-10-11/h7,9-10,12H,4-6,8H2,1-3H3,(H,16,18). The minimum atomic E-state index is -0.796. The lowest BCUT2D eigenvalue weighted by molar-refractivity contribution is -0.153. The van der Waals surface area contributed by atoms with Crippen LogP contribution in [-0.2, 0) is 16.0 Å². The first-order valence-corrected chi connectivity index (χ1v) is 8.04. The van der Waals surface area contributed by atoms with E-state index in [4.69, 9.17) is 0 Å². The molecule has 2 amide bonds. The van der Waals surface area contributed by atoms with Crippen molar-refractivity contribution in [3.63, 3.8) is 0 Å². The quantitative estimate of drug-likeness (QED) is 0.905. The van der Waals surface area contributed by atoms with Gasteiger partial charge in [-0.3, -0.25) is 9.59 Å². The highest BCUT2D eigenvalue weighted by atomic mass is 32.1. The maximum absolute atomic E-state index is 12.6. The molecule has 1 aliphatic heterocycles. The highest BCUT2D eigenvalue weighted by Gasteiger charge is 2.44. The van der Waals surface area contributed by atoms with E-state index in [9.17, 15) is 9.59 Å². The molecule has 4 nitrogen and oxygen atoms in total. The Hall–Kier alpha value is -1.36. The first-order valence-electron chi connectivity index (χ1n) is 7.10. The Bertz CT molecular complexity index is 482. The SMILES string of the molecule is CCCC1C(=O)NC(C)(C)C(=O)N1CCc1ccsc1. The van der Waals surface area contributed by atoms with Crippen LogP contribution in [0.2, 0.25) is 0 Å². The summed E-state index contributed by atoms with van der Waals surface area (Å²) in [6.07, 6.45) is 2.41. The number of nitrogens with zero attached hydrogens (tertiary/aromatic N) is 1. The Labute approximate surface area is 124 Å². The monoisotopic (exact) mass is 294 g/mol. The van der Waals surface area contributed by atoms with Crippen molar-refractivity contribution in [3.05, 3.63) is 22.4 Å². The van der Waals surface area contributed by atoms with E-state index in [0.717, 1.165) is 19.3 Å². The third kappa shape index (κ3) is 3.03. The molecule has 0 saturated carbocycles. The molecule has 1 aromatic heterocycles. The van der Waals surface area contributed by atoms with Crippen LogP contribution < -0.4 is 5.32 Å². The Morgan fingerprint density at radius 3 is 2.75 bits per heavy atom. The van der Waals surface area contributed by atoms with Gasteiger partial charge in [-0.1, -0.05) is 13.3 Å². The lowest BCUT2D eigenvalue weighted by atomic mass is 9.94. The molecule has 110 valence electrons. The molecule has 1 unspecified atom stereocenters. The van der Waals surface area contributed by atoms with Gasteiger partial charge in [0, 0.05) is 6.54 Å². The third-order valence-corrected chi connectivity index (χ3v) is 4.43. The van der Waals surface area contributed by atoms with Crippen LogP contribution in [0.4, 0.5) is 0 Å². The molecule has 1 fully saturated rings. The van der Waals surface area contributed by atoms with Gasteiger partial charge < -0.3 is 10.2 Å². The van der Waals surface area contributed by atoms with Crippen LogP contribution in [0.5, 0.6) is 0 Å². The van der Waals surface area contributed by atoms with Gasteiger partial charge in [-0.15, -0.1) is 0 Å². The van der Waals surface area contributed by atoms with Crippen molar-refractivity contribution >= 4 is 23.2 Å². The lowest BCUT2D eigenvalue weighted by Gasteiger charge is -2.43. The molecule has 5 heteroatoms. The van der Waals surface area contributed by atoms with E-state index in [0.29, 0.717) is 6.54 Å². The van der Waals surface area contributed by atoms with Crippen molar-refractivity contribution in [1.29, 1.82) is 0 Å². The molecular formula is C15H22N2O2S. The largest absolute Gasteiger partial charge is 0.340 e. The predicted molar refractivity (Wildman–Crippen MR) is 80.7 cm³/mol. The number of hydrogen-bond donors (Lipinski definition) is 1. The zero-order valence-corrected chi connectivity index (χ0v) is 13.1. The van der Waals surface area contributed by atoms with Gasteiger partial charge in [0.2, 0.25) is 11.8 Å². The number of carbonyl (C=O) groups is 2. The van der Waals surface area contributed by atoms with Crippen LogP contribution in [0.25, 0.3) is 0 Å². The fraction of sp³-hybridized carbons (Fsp3) is 0.600. The lowest BCUT2D eigenvalue weighted by Crippen LogP contribution is -2.68. The van der Waals surface area contributed by atoms with Gasteiger partial charge in [-0.05, 0) is 49.1 Å². The molecule has 1 aliphatic rings. The van der Waals surface area contributed by atoms with Crippen LogP contribution in [0.15, 0.2) is 16.8 Å². The van der Waals surface area contributed by atoms with E-state index in [1.165, 1.54) is 5.56 Å². The molecule has 2 rings (SSSR count). The van der Waals surface area contributed by atoms with E-state index in [-0.39, 0.29) is 17.9 Å². The molecular weight excluding hydrogens is 272 g/mol. The summed E-state index contributed by atoms with van der Waals surface area (Å²) in [5.41, 5.74) is 0.428. The Morgan fingerprint density at radius 1 is 1.40 bits per heavy atom. The molecule has 0 spiro atoms. The summed E-state index contributed by atoms with van der Waals surface area (Å²) < 4.78 is 0. The molecule has 2 heterocycles. The molecule has 0 aliphatic carbocycles. The summed E-state index contributed by atoms with van der Waals surface area (Å²) in [6.45, 7) is 6.19. The summed E-state index contributed by atoms with van der Waals surface area (Å²) in [6, 6.07) is 1.75. The molecule has 1 saturated heterocycles. The number of amides is 2. The fourth-order valence-corrected chi connectivity index (χ4v) is 3.29. The van der Waals surface area contributed by atoms with Crippen LogP contribution in [0.1, 0.15) is 39.2 Å². The smallest absolute Gasteiger partial charge is 0.248 e. The number of rotatable bonds is 5. The van der Waals surface area contributed by atoms with Crippen LogP contribution in [0, 0.1) is 0 Å². The summed E-state index contributed by atoms with van der Waals surface area (Å²) in [4.78, 5) is 26.5. The minimum Gasteiger partial charge on any atom is -0.340 e. The molecule has 1 N–H and O–H groups in total. The van der Waals surface area contributed by atoms with Crippen molar-refractivity contribution in [1.82, 2.24) is 10.2 Å². The number of hydrogen-bond acceptors (Lipinski definition) is 3. The van der Waals surface area contributed by atoms with Crippen molar-refractivity contribution in [3.8, 4) is 0 Å². The average molecular weight is 294 g/mol. The predicted octanol–water partition coefficient (Wildman–Crippen LogP) is 2.20. The van der Waals surface area contributed by atoms with Crippen molar-refractivity contribution in [2.24, 2.45) is 0 Å². The number of nitrogens with one attached hydrogen (secondary N) is 1. The van der Waals surface area contributed by atoms with Crippen molar-refractivity contribution in [2.45, 2.75) is 51.6 Å². The molecule has 0 aromatic carbocycles. The zero-order valence-electron chi connectivity index (χ0n) is 12.3. The van der Waals surface area contributed by atoms with Gasteiger partial charge in [-0.2, -0.15) is 11.3 Å². The molecule has 1 aromatic rings. The fourth-order valence-electron chi connectivity index (χ4n) is 2.59. The first kappa shape index (κ1) is 15.0. The van der Waals surface area contributed by atoms with E-state index >= 15 is 0 Å². The average Bonchev–Trinajstić information content (AvgIpc) is 2.88. The number of thiophene rings is 1. The second kappa shape index (κ2) is 5.95. The van der Waals surface area contributed by atoms with Gasteiger partial charge in [-0.25, -0.2) is 0 Å². The van der Waals surface area contributed by atoms with Crippen molar-refractivity contribution in [2.75, 3.05) is 6.54 Å². The molecule has 0 bridgehead atoms. The highest BCUT2D eigenvalue weighted by molar-refractivity contribution is 7.07. The Kier molecular flexibility index (Phi) is 4.48. The third-order valence-electron chi connectivity index (χ3n) is 3.69. The van der Waals surface area contributed by atoms with Crippen LogP contribution >= 0.6 is 11.3 Å². The van der Waals surface area contributed by atoms with E-state index in [1.54, 1.807) is 30.1 Å². The van der Waals surface area contributed by atoms with Crippen LogP contribution in [-0.4, -0.2) is 34.8 Å². The first-order chi connectivity index (χ1) is 9.45. The normalized spacial score (nSPS) is 21.9. The van der Waals surface area contributed by atoms with Crippen LogP contribution in [0.3, 0.4) is 0 Å². The number of piperazine rings is 1. The summed E-state index contributed by atoms with van der Waals surface area (Å²) >= 11 is 1.66. The van der Waals surface area contributed by atoms with Gasteiger partial charge in [0.05, 0.1) is 0 Å². The Balaban J connectivity index is 2.14. The summed E-state index contributed by atoms with van der Waals surface area (Å²) in [5, 5.41) is 6.96. The summed E-state index contributed by atoms with van der Waals surface area (Å²) in [7, 11) is 0. The Morgan fingerprint density at radius 2 is 2.15 bits per heavy atom. The molecule has 0 radical (unpaired) electrons. The van der Waals surface area contributed by atoms with E-state index in [1.807, 2.05) is 12.3 Å². The van der Waals surface area contributed by atoms with E-state index < -0.39 is 5.54 Å².